The molecule has 0 radical (unpaired) electrons. The van der Waals surface area contributed by atoms with Gasteiger partial charge in [-0.3, -0.25) is 4.98 Å². The van der Waals surface area contributed by atoms with Crippen LogP contribution in [0.15, 0.2) is 11.2 Å². The van der Waals surface area contributed by atoms with Crippen LogP contribution in [-0.4, -0.2) is 43.1 Å². The second-order valence-electron chi connectivity index (χ2n) is 7.90. The van der Waals surface area contributed by atoms with Crippen molar-refractivity contribution in [2.24, 2.45) is 5.73 Å². The summed E-state index contributed by atoms with van der Waals surface area (Å²) in [6.07, 6.45) is 5.89. The highest BCUT2D eigenvalue weighted by atomic mass is 32.2. The number of nitrogen functional groups attached to an aromatic ring is 1. The average molecular weight is 428 g/mol. The number of methoxy groups -OCH3 is 1. The van der Waals surface area contributed by atoms with Gasteiger partial charge in [0.25, 0.3) is 0 Å². The highest BCUT2D eigenvalue weighted by molar-refractivity contribution is 8.00. The van der Waals surface area contributed by atoms with Crippen molar-refractivity contribution in [1.82, 2.24) is 24.7 Å². The molecule has 0 aromatic carbocycles. The maximum absolute atomic E-state index is 6.57. The van der Waals surface area contributed by atoms with Crippen molar-refractivity contribution < 1.29 is 4.74 Å². The number of nitrogens with zero attached hydrogens (tertiary/aromatic N) is 5. The Hall–Kier alpha value is -2.39. The summed E-state index contributed by atoms with van der Waals surface area (Å²) < 4.78 is 7.43. The van der Waals surface area contributed by atoms with Crippen LogP contribution in [0.5, 0.6) is 5.75 Å². The maximum atomic E-state index is 6.57. The Kier molecular flexibility index (Phi) is 5.84. The van der Waals surface area contributed by atoms with Crippen molar-refractivity contribution in [3.63, 3.8) is 0 Å². The second-order valence-corrected chi connectivity index (χ2v) is 9.13. The lowest BCUT2D eigenvalue weighted by atomic mass is 10.0. The number of thioether (sulfide) groups is 1. The molecule has 1 aliphatic rings. The summed E-state index contributed by atoms with van der Waals surface area (Å²) in [6, 6.07) is 0.0165. The van der Waals surface area contributed by atoms with Gasteiger partial charge in [0.15, 0.2) is 5.65 Å². The van der Waals surface area contributed by atoms with Crippen LogP contribution in [0.3, 0.4) is 0 Å². The van der Waals surface area contributed by atoms with Crippen molar-refractivity contribution >= 4 is 28.7 Å². The number of rotatable bonds is 6. The molecular weight excluding hydrogens is 398 g/mol. The standard InChI is InChI=1S/C21H29N7OS/c1-5-6-7-16-13(22)8-14-17-19(25-21(23)26-20(17)30-16)28(27-14)10-15-12(3)18(29-4)11(2)9-24-15/h9,13,16H,5-8,10,22H2,1-4H3,(H2,23,25,26). The van der Waals surface area contributed by atoms with E-state index in [9.17, 15) is 0 Å². The van der Waals surface area contributed by atoms with Gasteiger partial charge in [0, 0.05) is 35.0 Å². The van der Waals surface area contributed by atoms with Gasteiger partial charge in [-0.1, -0.05) is 19.8 Å². The minimum Gasteiger partial charge on any atom is -0.496 e. The zero-order chi connectivity index (χ0) is 21.4. The largest absolute Gasteiger partial charge is 0.496 e. The summed E-state index contributed by atoms with van der Waals surface area (Å²) in [7, 11) is 1.68. The smallest absolute Gasteiger partial charge is 0.223 e. The molecule has 160 valence electrons. The molecule has 4 heterocycles. The fourth-order valence-corrected chi connectivity index (χ4v) is 5.42. The highest BCUT2D eigenvalue weighted by Gasteiger charge is 2.30. The fourth-order valence-electron chi connectivity index (χ4n) is 4.10. The molecule has 9 heteroatoms. The number of pyridine rings is 1. The van der Waals surface area contributed by atoms with Crippen molar-refractivity contribution in [1.29, 1.82) is 0 Å². The molecule has 0 bridgehead atoms. The fraction of sp³-hybridized carbons (Fsp3) is 0.524. The summed E-state index contributed by atoms with van der Waals surface area (Å²) >= 11 is 1.72. The quantitative estimate of drug-likeness (QED) is 0.576. The molecule has 0 aliphatic carbocycles. The van der Waals surface area contributed by atoms with Gasteiger partial charge in [-0.05, 0) is 20.3 Å². The van der Waals surface area contributed by atoms with Crippen LogP contribution in [0.1, 0.15) is 48.7 Å². The van der Waals surface area contributed by atoms with Crippen molar-refractivity contribution in [2.75, 3.05) is 12.8 Å². The predicted molar refractivity (Wildman–Crippen MR) is 120 cm³/mol. The molecule has 4 rings (SSSR count). The third-order valence-electron chi connectivity index (χ3n) is 5.71. The predicted octanol–water partition coefficient (Wildman–Crippen LogP) is 3.01. The molecular formula is C21H29N7OS. The molecule has 3 aromatic heterocycles. The van der Waals surface area contributed by atoms with E-state index >= 15 is 0 Å². The molecule has 8 nitrogen and oxygen atoms in total. The summed E-state index contributed by atoms with van der Waals surface area (Å²) in [6.45, 7) is 6.68. The van der Waals surface area contributed by atoms with Crippen LogP contribution in [0.2, 0.25) is 0 Å². The van der Waals surface area contributed by atoms with Crippen LogP contribution in [0, 0.1) is 13.8 Å². The lowest BCUT2D eigenvalue weighted by Gasteiger charge is -2.20. The van der Waals surface area contributed by atoms with Crippen LogP contribution in [0.25, 0.3) is 11.0 Å². The summed E-state index contributed by atoms with van der Waals surface area (Å²) in [5, 5.41) is 7.05. The van der Waals surface area contributed by atoms with Crippen LogP contribution in [0.4, 0.5) is 5.95 Å². The number of ether oxygens (including phenoxy) is 1. The molecule has 2 unspecified atom stereocenters. The SMILES string of the molecule is CCCCC1Sc2nc(N)nc3c2c(nn3Cc2ncc(C)c(OC)c2C)CC1N. The van der Waals surface area contributed by atoms with Gasteiger partial charge < -0.3 is 16.2 Å². The third kappa shape index (κ3) is 3.72. The highest BCUT2D eigenvalue weighted by Crippen LogP contribution is 2.38. The van der Waals surface area contributed by atoms with Crippen molar-refractivity contribution in [3.8, 4) is 5.75 Å². The molecule has 0 fully saturated rings. The molecule has 1 aliphatic heterocycles. The van der Waals surface area contributed by atoms with E-state index in [4.69, 9.17) is 21.3 Å². The van der Waals surface area contributed by atoms with Crippen LogP contribution >= 0.6 is 11.8 Å². The van der Waals surface area contributed by atoms with Gasteiger partial charge in [0.2, 0.25) is 5.95 Å². The Morgan fingerprint density at radius 1 is 1.30 bits per heavy atom. The van der Waals surface area contributed by atoms with E-state index in [1.54, 1.807) is 18.9 Å². The maximum Gasteiger partial charge on any atom is 0.223 e. The first-order valence-corrected chi connectivity index (χ1v) is 11.2. The monoisotopic (exact) mass is 427 g/mol. The molecule has 0 spiro atoms. The number of aromatic nitrogens is 5. The van der Waals surface area contributed by atoms with Gasteiger partial charge in [-0.2, -0.15) is 10.1 Å². The first kappa shape index (κ1) is 20.9. The van der Waals surface area contributed by atoms with Gasteiger partial charge in [-0.25, -0.2) is 9.67 Å². The first-order valence-electron chi connectivity index (χ1n) is 10.4. The summed E-state index contributed by atoms with van der Waals surface area (Å²) in [4.78, 5) is 13.7. The van der Waals surface area contributed by atoms with E-state index in [1.165, 1.54) is 0 Å². The first-order chi connectivity index (χ1) is 14.4. The van der Waals surface area contributed by atoms with E-state index in [2.05, 4.69) is 21.9 Å². The van der Waals surface area contributed by atoms with E-state index in [0.29, 0.717) is 18.2 Å². The molecule has 4 N–H and O–H groups in total. The summed E-state index contributed by atoms with van der Waals surface area (Å²) in [5.41, 5.74) is 17.2. The van der Waals surface area contributed by atoms with Gasteiger partial charge in [-0.15, -0.1) is 11.8 Å². The summed E-state index contributed by atoms with van der Waals surface area (Å²) in [5.74, 6) is 1.11. The molecule has 0 saturated heterocycles. The number of anilines is 1. The average Bonchev–Trinajstić information content (AvgIpc) is 2.97. The van der Waals surface area contributed by atoms with E-state index in [0.717, 1.165) is 63.6 Å². The van der Waals surface area contributed by atoms with Gasteiger partial charge >= 0.3 is 0 Å². The van der Waals surface area contributed by atoms with Gasteiger partial charge in [0.1, 0.15) is 10.8 Å². The van der Waals surface area contributed by atoms with Gasteiger partial charge in [0.05, 0.1) is 30.4 Å². The number of nitrogens with two attached hydrogens (primary N) is 2. The minimum atomic E-state index is 0.0165. The number of hydrogen-bond donors (Lipinski definition) is 2. The molecule has 0 amide bonds. The van der Waals surface area contributed by atoms with E-state index in [1.807, 2.05) is 24.7 Å². The zero-order valence-corrected chi connectivity index (χ0v) is 18.8. The Bertz CT molecular complexity index is 1080. The molecule has 30 heavy (non-hydrogen) atoms. The second kappa shape index (κ2) is 8.39. The zero-order valence-electron chi connectivity index (χ0n) is 18.0. The Balaban J connectivity index is 1.77. The Morgan fingerprint density at radius 2 is 2.10 bits per heavy atom. The number of unbranched alkanes of at least 4 members (excludes halogenated alkanes) is 1. The lowest BCUT2D eigenvalue weighted by molar-refractivity contribution is 0.406. The normalized spacial score (nSPS) is 18.6. The van der Waals surface area contributed by atoms with Crippen molar-refractivity contribution in [2.45, 2.75) is 69.3 Å². The van der Waals surface area contributed by atoms with E-state index in [-0.39, 0.29) is 12.0 Å². The van der Waals surface area contributed by atoms with E-state index < -0.39 is 0 Å². The number of aryl methyl sites for hydroxylation is 1. The Labute approximate surface area is 180 Å². The number of hydrogen-bond acceptors (Lipinski definition) is 8. The lowest BCUT2D eigenvalue weighted by Crippen LogP contribution is -2.34. The van der Waals surface area contributed by atoms with Crippen molar-refractivity contribution in [3.05, 3.63) is 28.7 Å². The Morgan fingerprint density at radius 3 is 2.83 bits per heavy atom. The van der Waals surface area contributed by atoms with Crippen LogP contribution < -0.4 is 16.2 Å². The molecule has 0 saturated carbocycles. The third-order valence-corrected chi connectivity index (χ3v) is 7.12. The molecule has 2 atom stereocenters. The minimum absolute atomic E-state index is 0.0165. The topological polar surface area (TPSA) is 118 Å². The van der Waals surface area contributed by atoms with Crippen LogP contribution in [-0.2, 0) is 13.0 Å². The molecule has 3 aromatic rings.